The van der Waals surface area contributed by atoms with E-state index in [1.807, 2.05) is 36.4 Å². The third kappa shape index (κ3) is 3.54. The summed E-state index contributed by atoms with van der Waals surface area (Å²) < 4.78 is 0. The lowest BCUT2D eigenvalue weighted by atomic mass is 10.1. The first-order valence-electron chi connectivity index (χ1n) is 8.11. The van der Waals surface area contributed by atoms with Gasteiger partial charge in [-0.25, -0.2) is 4.98 Å². The summed E-state index contributed by atoms with van der Waals surface area (Å²) in [6.07, 6.45) is 0. The van der Waals surface area contributed by atoms with Crippen LogP contribution in [-0.4, -0.2) is 15.8 Å². The molecule has 0 fully saturated rings. The number of amides is 1. The van der Waals surface area contributed by atoms with Crippen LogP contribution in [0, 0.1) is 10.1 Å². The van der Waals surface area contributed by atoms with Crippen LogP contribution in [0.25, 0.3) is 22.0 Å². The average Bonchev–Trinajstić information content (AvgIpc) is 3.16. The molecule has 0 saturated heterocycles. The molecule has 132 valence electrons. The van der Waals surface area contributed by atoms with Gasteiger partial charge in [-0.3, -0.25) is 20.2 Å². The Bertz CT molecular complexity index is 1170. The molecule has 4 aromatic rings. The smallest absolute Gasteiger partial charge is 0.270 e. The van der Waals surface area contributed by atoms with E-state index >= 15 is 0 Å². The number of thiazole rings is 1. The second kappa shape index (κ2) is 6.97. The zero-order chi connectivity index (χ0) is 18.8. The van der Waals surface area contributed by atoms with Crippen molar-refractivity contribution in [2.24, 2.45) is 0 Å². The largest absolute Gasteiger partial charge is 0.298 e. The van der Waals surface area contributed by atoms with Crippen LogP contribution in [0.15, 0.2) is 72.1 Å². The number of anilines is 1. The molecule has 1 amide bonds. The van der Waals surface area contributed by atoms with Crippen molar-refractivity contribution in [1.82, 2.24) is 4.98 Å². The predicted molar refractivity (Wildman–Crippen MR) is 106 cm³/mol. The number of aromatic nitrogens is 1. The van der Waals surface area contributed by atoms with Gasteiger partial charge in [-0.15, -0.1) is 11.3 Å². The SMILES string of the molecule is O=C(Nc1nc(-c2cccc([N+](=O)[O-])c2)cs1)c1ccc2ccccc2c1. The molecule has 0 saturated carbocycles. The van der Waals surface area contributed by atoms with E-state index in [0.717, 1.165) is 10.8 Å². The number of nitrogens with one attached hydrogen (secondary N) is 1. The highest BCUT2D eigenvalue weighted by Crippen LogP contribution is 2.28. The Balaban J connectivity index is 1.55. The van der Waals surface area contributed by atoms with E-state index in [-0.39, 0.29) is 11.6 Å². The van der Waals surface area contributed by atoms with Crippen LogP contribution in [0.2, 0.25) is 0 Å². The van der Waals surface area contributed by atoms with E-state index in [1.54, 1.807) is 23.6 Å². The third-order valence-electron chi connectivity index (χ3n) is 4.09. The second-order valence-electron chi connectivity index (χ2n) is 5.86. The maximum Gasteiger partial charge on any atom is 0.270 e. The standard InChI is InChI=1S/C20H13N3O3S/c24-19(16-9-8-13-4-1-2-5-14(13)10-16)22-20-21-18(12-27-20)15-6-3-7-17(11-15)23(25)26/h1-12H,(H,21,22,24). The van der Waals surface area contributed by atoms with Crippen molar-refractivity contribution in [2.75, 3.05) is 5.32 Å². The van der Waals surface area contributed by atoms with Crippen LogP contribution < -0.4 is 5.32 Å². The summed E-state index contributed by atoms with van der Waals surface area (Å²) in [5.41, 5.74) is 1.76. The lowest BCUT2D eigenvalue weighted by molar-refractivity contribution is -0.384. The van der Waals surface area contributed by atoms with Crippen LogP contribution in [0.3, 0.4) is 0 Å². The van der Waals surface area contributed by atoms with Gasteiger partial charge >= 0.3 is 0 Å². The predicted octanol–water partition coefficient (Wildman–Crippen LogP) is 5.12. The van der Waals surface area contributed by atoms with Crippen LogP contribution in [-0.2, 0) is 0 Å². The molecule has 1 aromatic heterocycles. The van der Waals surface area contributed by atoms with E-state index in [2.05, 4.69) is 10.3 Å². The molecule has 0 bridgehead atoms. The van der Waals surface area contributed by atoms with Gasteiger partial charge < -0.3 is 0 Å². The van der Waals surface area contributed by atoms with Crippen molar-refractivity contribution in [3.63, 3.8) is 0 Å². The monoisotopic (exact) mass is 375 g/mol. The number of fused-ring (bicyclic) bond motifs is 1. The fourth-order valence-corrected chi connectivity index (χ4v) is 3.46. The minimum atomic E-state index is -0.446. The number of carbonyl (C=O) groups is 1. The number of nitro benzene ring substituents is 1. The van der Waals surface area contributed by atoms with E-state index in [0.29, 0.717) is 22.0 Å². The topological polar surface area (TPSA) is 85.1 Å². The molecule has 3 aromatic carbocycles. The number of hydrogen-bond donors (Lipinski definition) is 1. The van der Waals surface area contributed by atoms with Gasteiger partial charge in [0.15, 0.2) is 5.13 Å². The zero-order valence-electron chi connectivity index (χ0n) is 14.0. The molecule has 27 heavy (non-hydrogen) atoms. The quantitative estimate of drug-likeness (QED) is 0.396. The Labute approximate surface area is 158 Å². The highest BCUT2D eigenvalue weighted by molar-refractivity contribution is 7.14. The number of nitrogens with zero attached hydrogens (tertiary/aromatic N) is 2. The Hall–Kier alpha value is -3.58. The maximum absolute atomic E-state index is 12.5. The van der Waals surface area contributed by atoms with Gasteiger partial charge in [-0.2, -0.15) is 0 Å². The van der Waals surface area contributed by atoms with Gasteiger partial charge in [-0.1, -0.05) is 42.5 Å². The molecule has 4 rings (SSSR count). The Morgan fingerprint density at radius 2 is 1.81 bits per heavy atom. The summed E-state index contributed by atoms with van der Waals surface area (Å²) in [7, 11) is 0. The van der Waals surface area contributed by atoms with Gasteiger partial charge in [0.25, 0.3) is 11.6 Å². The first-order valence-corrected chi connectivity index (χ1v) is 8.98. The molecular formula is C20H13N3O3S. The number of non-ortho nitro benzene ring substituents is 1. The van der Waals surface area contributed by atoms with Crippen molar-refractivity contribution in [3.05, 3.63) is 87.8 Å². The highest BCUT2D eigenvalue weighted by Gasteiger charge is 2.12. The second-order valence-corrected chi connectivity index (χ2v) is 6.72. The van der Waals surface area contributed by atoms with Gasteiger partial charge in [0.05, 0.1) is 10.6 Å². The van der Waals surface area contributed by atoms with E-state index in [9.17, 15) is 14.9 Å². The summed E-state index contributed by atoms with van der Waals surface area (Å²) in [5, 5.41) is 18.0. The molecule has 0 unspecified atom stereocenters. The van der Waals surface area contributed by atoms with Crippen LogP contribution >= 0.6 is 11.3 Å². The molecule has 1 heterocycles. The fraction of sp³-hybridized carbons (Fsp3) is 0. The molecule has 0 aliphatic rings. The lowest BCUT2D eigenvalue weighted by Gasteiger charge is -2.04. The minimum absolute atomic E-state index is 0.00208. The Kier molecular flexibility index (Phi) is 4.35. The van der Waals surface area contributed by atoms with E-state index in [1.165, 1.54) is 23.5 Å². The summed E-state index contributed by atoms with van der Waals surface area (Å²) >= 11 is 1.27. The summed E-state index contributed by atoms with van der Waals surface area (Å²) in [6.45, 7) is 0. The minimum Gasteiger partial charge on any atom is -0.298 e. The lowest BCUT2D eigenvalue weighted by Crippen LogP contribution is -2.11. The van der Waals surface area contributed by atoms with Gasteiger partial charge in [-0.05, 0) is 22.9 Å². The first kappa shape index (κ1) is 16.9. The van der Waals surface area contributed by atoms with Crippen LogP contribution in [0.1, 0.15) is 10.4 Å². The highest BCUT2D eigenvalue weighted by atomic mass is 32.1. The van der Waals surface area contributed by atoms with Gasteiger partial charge in [0.2, 0.25) is 0 Å². The van der Waals surface area contributed by atoms with Crippen LogP contribution in [0.5, 0.6) is 0 Å². The molecule has 0 aliphatic heterocycles. The third-order valence-corrected chi connectivity index (χ3v) is 4.85. The molecule has 7 heteroatoms. The molecule has 0 spiro atoms. The maximum atomic E-state index is 12.5. The van der Waals surface area contributed by atoms with Gasteiger partial charge in [0.1, 0.15) is 0 Å². The summed E-state index contributed by atoms with van der Waals surface area (Å²) in [6, 6.07) is 19.6. The van der Waals surface area contributed by atoms with Crippen molar-refractivity contribution in [3.8, 4) is 11.3 Å². The number of hydrogen-bond acceptors (Lipinski definition) is 5. The van der Waals surface area contributed by atoms with Crippen molar-refractivity contribution in [1.29, 1.82) is 0 Å². The van der Waals surface area contributed by atoms with Gasteiger partial charge in [0, 0.05) is 28.6 Å². The molecular weight excluding hydrogens is 362 g/mol. The number of carbonyl (C=O) groups excluding carboxylic acids is 1. The molecule has 0 radical (unpaired) electrons. The summed E-state index contributed by atoms with van der Waals surface area (Å²) in [4.78, 5) is 27.4. The number of nitro groups is 1. The molecule has 6 nitrogen and oxygen atoms in total. The zero-order valence-corrected chi connectivity index (χ0v) is 14.8. The molecule has 1 N–H and O–H groups in total. The van der Waals surface area contributed by atoms with E-state index in [4.69, 9.17) is 0 Å². The van der Waals surface area contributed by atoms with Crippen molar-refractivity contribution >= 4 is 38.8 Å². The molecule has 0 atom stereocenters. The Morgan fingerprint density at radius 1 is 1.00 bits per heavy atom. The Morgan fingerprint density at radius 3 is 2.63 bits per heavy atom. The normalized spacial score (nSPS) is 10.7. The van der Waals surface area contributed by atoms with Crippen molar-refractivity contribution < 1.29 is 9.72 Å². The average molecular weight is 375 g/mol. The molecule has 0 aliphatic carbocycles. The van der Waals surface area contributed by atoms with Crippen molar-refractivity contribution in [2.45, 2.75) is 0 Å². The summed E-state index contributed by atoms with van der Waals surface area (Å²) in [5.74, 6) is -0.249. The number of benzene rings is 3. The number of rotatable bonds is 4. The van der Waals surface area contributed by atoms with E-state index < -0.39 is 4.92 Å². The van der Waals surface area contributed by atoms with Crippen LogP contribution in [0.4, 0.5) is 10.8 Å². The fourth-order valence-electron chi connectivity index (χ4n) is 2.74. The first-order chi connectivity index (χ1) is 13.1.